The molecule has 0 saturated heterocycles. The Balaban J connectivity index is 1.50. The van der Waals surface area contributed by atoms with Crippen LogP contribution in [0, 0.1) is 11.8 Å². The lowest BCUT2D eigenvalue weighted by molar-refractivity contribution is -0.636. The molecule has 0 unspecified atom stereocenters. The van der Waals surface area contributed by atoms with Crippen molar-refractivity contribution in [1.82, 2.24) is 15.4 Å². The summed E-state index contributed by atoms with van der Waals surface area (Å²) in [5.74, 6) is 1.87. The van der Waals surface area contributed by atoms with Crippen LogP contribution >= 0.6 is 0 Å². The number of nitrogens with one attached hydrogen (secondary N) is 3. The van der Waals surface area contributed by atoms with Gasteiger partial charge in [0.15, 0.2) is 0 Å². The number of fused-ring (bicyclic) bond motifs is 3. The fourth-order valence-electron chi connectivity index (χ4n) is 4.63. The molecule has 7 heteroatoms. The van der Waals surface area contributed by atoms with E-state index in [0.717, 1.165) is 50.7 Å². The summed E-state index contributed by atoms with van der Waals surface area (Å²) in [6.45, 7) is 0. The van der Waals surface area contributed by atoms with Crippen LogP contribution in [0.4, 0.5) is 5.82 Å². The van der Waals surface area contributed by atoms with Gasteiger partial charge in [0.25, 0.3) is 5.91 Å². The highest BCUT2D eigenvalue weighted by molar-refractivity contribution is 6.18. The molecule has 0 bridgehead atoms. The van der Waals surface area contributed by atoms with E-state index >= 15 is 0 Å². The topological polar surface area (TPSA) is 112 Å². The zero-order chi connectivity index (χ0) is 20.2. The van der Waals surface area contributed by atoms with Gasteiger partial charge in [-0.25, -0.2) is 15.8 Å². The monoisotopic (exact) mass is 401 g/mol. The molecule has 3 heterocycles. The van der Waals surface area contributed by atoms with Crippen molar-refractivity contribution in [3.8, 4) is 0 Å². The number of benzene rings is 1. The van der Waals surface area contributed by atoms with Gasteiger partial charge >= 0.3 is 0 Å². The van der Waals surface area contributed by atoms with Crippen molar-refractivity contribution < 1.29 is 10.2 Å². The van der Waals surface area contributed by atoms with Crippen LogP contribution in [0.2, 0.25) is 0 Å². The van der Waals surface area contributed by atoms with E-state index in [1.54, 1.807) is 6.20 Å². The fourth-order valence-corrected chi connectivity index (χ4v) is 4.63. The minimum Gasteiger partial charge on any atom is -0.366 e. The zero-order valence-corrected chi connectivity index (χ0v) is 16.6. The smallest absolute Gasteiger partial charge is 0.252 e. The number of H-pyrrole nitrogens is 1. The molecular formula is C23H25N6O+. The van der Waals surface area contributed by atoms with Gasteiger partial charge in [0.2, 0.25) is 0 Å². The number of rotatable bonds is 6. The summed E-state index contributed by atoms with van der Waals surface area (Å²) in [6.07, 6.45) is 12.8. The van der Waals surface area contributed by atoms with Crippen LogP contribution in [0.1, 0.15) is 41.6 Å². The molecule has 1 aliphatic heterocycles. The minimum absolute atomic E-state index is 0.425. The van der Waals surface area contributed by atoms with Gasteiger partial charge in [-0.1, -0.05) is 12.1 Å². The van der Waals surface area contributed by atoms with Crippen LogP contribution in [0.5, 0.6) is 0 Å². The number of primary amides is 1. The first-order valence-electron chi connectivity index (χ1n) is 10.7. The Hall–Kier alpha value is -3.32. The minimum atomic E-state index is -0.469. The third kappa shape index (κ3) is 2.93. The molecule has 2 aromatic heterocycles. The number of carbonyl (C=O) groups is 1. The van der Waals surface area contributed by atoms with Crippen LogP contribution in [0.15, 0.2) is 42.7 Å². The van der Waals surface area contributed by atoms with Crippen molar-refractivity contribution in [2.24, 2.45) is 17.6 Å². The number of nitrogens with zero attached hydrogens (tertiary/aromatic N) is 1. The summed E-state index contributed by atoms with van der Waals surface area (Å²) in [6, 6.07) is 6.78. The first kappa shape index (κ1) is 17.5. The van der Waals surface area contributed by atoms with Crippen molar-refractivity contribution in [1.29, 1.82) is 0 Å². The van der Waals surface area contributed by atoms with Gasteiger partial charge in [-0.15, -0.1) is 0 Å². The molecule has 1 aromatic carbocycles. The Labute approximate surface area is 173 Å². The summed E-state index contributed by atoms with van der Waals surface area (Å²) in [5, 5.41) is 5.75. The van der Waals surface area contributed by atoms with Gasteiger partial charge in [-0.05, 0) is 55.7 Å². The molecule has 6 rings (SSSR count). The van der Waals surface area contributed by atoms with Crippen molar-refractivity contribution in [3.63, 3.8) is 0 Å². The second kappa shape index (κ2) is 6.60. The van der Waals surface area contributed by atoms with Crippen LogP contribution in [-0.2, 0) is 0 Å². The molecule has 7 nitrogen and oxygen atoms in total. The number of allylic oxidation sites excluding steroid dienone is 2. The number of hydrogen-bond acceptors (Lipinski definition) is 4. The molecule has 2 aliphatic carbocycles. The van der Waals surface area contributed by atoms with E-state index in [2.05, 4.69) is 38.9 Å². The fraction of sp³-hybridized carbons (Fsp3) is 0.304. The summed E-state index contributed by atoms with van der Waals surface area (Å²) >= 11 is 0. The number of amides is 1. The van der Waals surface area contributed by atoms with Crippen molar-refractivity contribution >= 4 is 39.2 Å². The predicted molar refractivity (Wildman–Crippen MR) is 117 cm³/mol. The van der Waals surface area contributed by atoms with Gasteiger partial charge in [-0.3, -0.25) is 4.79 Å². The molecule has 0 atom stereocenters. The molecule has 2 fully saturated rings. The Bertz CT molecular complexity index is 1220. The number of aromatic nitrogens is 2. The standard InChI is InChI=1S/C23H24N6O/c24-22(30)16-11-25-23(28-20(12-3-4-12)13-5-6-13)19-15-8-7-14(10-18(15)27-21(16)19)17-2-1-9-26-29-17/h1-2,7-13,20,26-27,29H,3-6H2,(H2,24,30)(H,25,28)/p+1. The summed E-state index contributed by atoms with van der Waals surface area (Å²) in [5.41, 5.74) is 15.1. The molecule has 2 saturated carbocycles. The first-order valence-corrected chi connectivity index (χ1v) is 10.7. The molecule has 0 spiro atoms. The highest BCUT2D eigenvalue weighted by atomic mass is 16.1. The maximum Gasteiger partial charge on any atom is 0.252 e. The third-order valence-electron chi connectivity index (χ3n) is 6.48. The van der Waals surface area contributed by atoms with Gasteiger partial charge in [0.05, 0.1) is 22.2 Å². The van der Waals surface area contributed by atoms with Crippen molar-refractivity contribution in [3.05, 3.63) is 53.9 Å². The Morgan fingerprint density at radius 1 is 1.23 bits per heavy atom. The maximum absolute atomic E-state index is 12.1. The van der Waals surface area contributed by atoms with E-state index in [9.17, 15) is 4.79 Å². The predicted octanol–water partition coefficient (Wildman–Crippen LogP) is 2.35. The second-order valence-corrected chi connectivity index (χ2v) is 8.64. The van der Waals surface area contributed by atoms with Crippen LogP contribution in [0.3, 0.4) is 0 Å². The Morgan fingerprint density at radius 2 is 2.03 bits per heavy atom. The van der Waals surface area contributed by atoms with Gasteiger partial charge in [0, 0.05) is 28.7 Å². The summed E-state index contributed by atoms with van der Waals surface area (Å²) < 4.78 is 0. The molecule has 3 aliphatic rings. The number of carbonyl (C=O) groups excluding carboxylic acids is 1. The second-order valence-electron chi connectivity index (χ2n) is 8.64. The molecule has 7 N–H and O–H groups in total. The molecule has 3 aromatic rings. The van der Waals surface area contributed by atoms with E-state index in [4.69, 9.17) is 5.73 Å². The van der Waals surface area contributed by atoms with Crippen LogP contribution in [0.25, 0.3) is 27.5 Å². The lowest BCUT2D eigenvalue weighted by Gasteiger charge is -2.19. The number of hydrogen-bond donors (Lipinski definition) is 5. The Kier molecular flexibility index (Phi) is 3.86. The van der Waals surface area contributed by atoms with Gasteiger partial charge in [0.1, 0.15) is 12.0 Å². The number of aromatic amines is 1. The zero-order valence-electron chi connectivity index (χ0n) is 16.6. The number of anilines is 1. The van der Waals surface area contributed by atoms with Crippen LogP contribution in [-0.4, -0.2) is 21.9 Å². The van der Waals surface area contributed by atoms with E-state index < -0.39 is 5.91 Å². The van der Waals surface area contributed by atoms with E-state index in [0.29, 0.717) is 11.6 Å². The van der Waals surface area contributed by atoms with Gasteiger partial charge in [-0.2, -0.15) is 0 Å². The first-order chi connectivity index (χ1) is 14.7. The molecular weight excluding hydrogens is 376 g/mol. The van der Waals surface area contributed by atoms with Crippen molar-refractivity contribution in [2.45, 2.75) is 31.7 Å². The highest BCUT2D eigenvalue weighted by Crippen LogP contribution is 2.46. The SMILES string of the molecule is NC(=O)c1cnc(NC(C2CC2)C2CC2)c2c1[nH]c1cc(C3=CC=C[NH2+]N3)ccc12. The largest absolute Gasteiger partial charge is 0.366 e. The van der Waals surface area contributed by atoms with E-state index in [1.807, 2.05) is 23.8 Å². The molecule has 0 radical (unpaired) electrons. The summed E-state index contributed by atoms with van der Waals surface area (Å²) in [4.78, 5) is 20.2. The average Bonchev–Trinajstić information content (AvgIpc) is 3.69. The molecule has 152 valence electrons. The van der Waals surface area contributed by atoms with Gasteiger partial charge < -0.3 is 16.0 Å². The highest BCUT2D eigenvalue weighted by Gasteiger charge is 2.42. The number of nitrogens with two attached hydrogens (primary N) is 2. The average molecular weight is 401 g/mol. The molecule has 30 heavy (non-hydrogen) atoms. The maximum atomic E-state index is 12.1. The molecule has 1 amide bonds. The number of pyridine rings is 1. The lowest BCUT2D eigenvalue weighted by atomic mass is 10.0. The summed E-state index contributed by atoms with van der Waals surface area (Å²) in [7, 11) is 0. The third-order valence-corrected chi connectivity index (χ3v) is 6.48. The lowest BCUT2D eigenvalue weighted by Crippen LogP contribution is -2.87. The quantitative estimate of drug-likeness (QED) is 0.408. The number of quaternary nitrogens is 1. The van der Waals surface area contributed by atoms with E-state index in [-0.39, 0.29) is 0 Å². The van der Waals surface area contributed by atoms with E-state index in [1.165, 1.54) is 25.7 Å². The normalized spacial score (nSPS) is 18.6. The Morgan fingerprint density at radius 3 is 2.70 bits per heavy atom. The van der Waals surface area contributed by atoms with Crippen LogP contribution < -0.4 is 21.9 Å². The van der Waals surface area contributed by atoms with Crippen molar-refractivity contribution in [2.75, 3.05) is 5.32 Å².